The molecule has 3 atom stereocenters. The van der Waals surface area contributed by atoms with Gasteiger partial charge < -0.3 is 14.6 Å². The minimum Gasteiger partial charge on any atom is -0.493 e. The molecule has 2 aliphatic rings. The summed E-state index contributed by atoms with van der Waals surface area (Å²) in [4.78, 5) is 2.20. The molecular weight excluding hydrogens is 304 g/mol. The molecule has 0 radical (unpaired) electrons. The van der Waals surface area contributed by atoms with E-state index in [4.69, 9.17) is 9.47 Å². The second-order valence-electron chi connectivity index (χ2n) is 6.89. The molecule has 1 aliphatic carbocycles. The summed E-state index contributed by atoms with van der Waals surface area (Å²) in [6.45, 7) is 1.13. The van der Waals surface area contributed by atoms with Crippen LogP contribution in [0.3, 0.4) is 0 Å². The highest BCUT2D eigenvalue weighted by Gasteiger charge is 2.48. The van der Waals surface area contributed by atoms with E-state index in [0.717, 1.165) is 44.2 Å². The minimum atomic E-state index is -0.609. The maximum absolute atomic E-state index is 11.2. The topological polar surface area (TPSA) is 65.7 Å². The Morgan fingerprint density at radius 3 is 2.75 bits per heavy atom. The van der Waals surface area contributed by atoms with Gasteiger partial charge in [-0.1, -0.05) is 18.9 Å². The summed E-state index contributed by atoms with van der Waals surface area (Å²) in [7, 11) is 3.26. The zero-order valence-electron chi connectivity index (χ0n) is 14.5. The third kappa shape index (κ3) is 2.97. The van der Waals surface area contributed by atoms with Crippen LogP contribution in [0, 0.1) is 17.2 Å². The second kappa shape index (κ2) is 7.00. The van der Waals surface area contributed by atoms with Crippen molar-refractivity contribution in [2.24, 2.45) is 5.92 Å². The van der Waals surface area contributed by atoms with Gasteiger partial charge in [-0.2, -0.15) is 5.26 Å². The first kappa shape index (κ1) is 17.1. The molecule has 1 aromatic carbocycles. The Morgan fingerprint density at radius 1 is 1.25 bits per heavy atom. The average Bonchev–Trinajstić information content (AvgIpc) is 2.61. The fraction of sp³-hybridized carbons (Fsp3) is 0.632. The van der Waals surface area contributed by atoms with Crippen molar-refractivity contribution in [1.82, 2.24) is 4.90 Å². The first-order chi connectivity index (χ1) is 11.6. The lowest BCUT2D eigenvalue weighted by molar-refractivity contribution is -0.121. The molecule has 3 rings (SSSR count). The van der Waals surface area contributed by atoms with E-state index in [1.807, 2.05) is 18.2 Å². The summed E-state index contributed by atoms with van der Waals surface area (Å²) in [6.07, 6.45) is 4.84. The third-order valence-electron chi connectivity index (χ3n) is 5.69. The van der Waals surface area contributed by atoms with Crippen LogP contribution < -0.4 is 9.47 Å². The van der Waals surface area contributed by atoms with Gasteiger partial charge in [0.25, 0.3) is 0 Å². The highest BCUT2D eigenvalue weighted by molar-refractivity contribution is 5.44. The molecule has 130 valence electrons. The second-order valence-corrected chi connectivity index (χ2v) is 6.89. The maximum Gasteiger partial charge on any atom is 0.161 e. The van der Waals surface area contributed by atoms with Gasteiger partial charge in [0, 0.05) is 18.5 Å². The predicted molar refractivity (Wildman–Crippen MR) is 91.0 cm³/mol. The molecule has 2 fully saturated rings. The Balaban J connectivity index is 2.00. The molecule has 0 unspecified atom stereocenters. The van der Waals surface area contributed by atoms with Crippen LogP contribution >= 0.6 is 0 Å². The van der Waals surface area contributed by atoms with E-state index in [2.05, 4.69) is 11.0 Å². The summed E-state index contributed by atoms with van der Waals surface area (Å²) in [6, 6.07) is 8.27. The number of methoxy groups -OCH3 is 2. The van der Waals surface area contributed by atoms with Crippen LogP contribution in [0.15, 0.2) is 18.2 Å². The third-order valence-corrected chi connectivity index (χ3v) is 5.69. The fourth-order valence-electron chi connectivity index (χ4n) is 4.49. The highest BCUT2D eigenvalue weighted by Crippen LogP contribution is 2.49. The molecule has 0 amide bonds. The molecule has 5 heteroatoms. The number of nitriles is 1. The van der Waals surface area contributed by atoms with Crippen molar-refractivity contribution in [2.45, 2.75) is 43.7 Å². The Labute approximate surface area is 143 Å². The van der Waals surface area contributed by atoms with Crippen LogP contribution in [0.2, 0.25) is 0 Å². The molecule has 1 heterocycles. The van der Waals surface area contributed by atoms with E-state index < -0.39 is 5.60 Å². The lowest BCUT2D eigenvalue weighted by atomic mass is 9.66. The molecular formula is C19H26N2O3. The van der Waals surface area contributed by atoms with Crippen molar-refractivity contribution >= 4 is 0 Å². The van der Waals surface area contributed by atoms with Crippen molar-refractivity contribution in [1.29, 1.82) is 5.26 Å². The molecule has 1 aromatic rings. The van der Waals surface area contributed by atoms with Crippen LogP contribution in [0.1, 0.15) is 43.7 Å². The van der Waals surface area contributed by atoms with Crippen LogP contribution in [-0.4, -0.2) is 42.9 Å². The number of aliphatic hydroxyl groups is 1. The number of likely N-dealkylation sites (tertiary alicyclic amines) is 1. The molecule has 1 aliphatic heterocycles. The van der Waals surface area contributed by atoms with Gasteiger partial charge in [0.05, 0.1) is 32.4 Å². The van der Waals surface area contributed by atoms with E-state index in [9.17, 15) is 10.4 Å². The fourth-order valence-corrected chi connectivity index (χ4v) is 4.49. The normalized spacial score (nSPS) is 30.2. The number of hydrogen-bond acceptors (Lipinski definition) is 5. The number of nitrogens with zero attached hydrogens (tertiary/aromatic N) is 2. The lowest BCUT2D eigenvalue weighted by Crippen LogP contribution is -2.54. The van der Waals surface area contributed by atoms with Gasteiger partial charge >= 0.3 is 0 Å². The molecule has 0 spiro atoms. The quantitative estimate of drug-likeness (QED) is 0.860. The standard InChI is InChI=1S/C19H26N2O3/c1-23-16-7-6-14(13-17(16)24-2)18-15-5-3-4-8-19(15,22)9-11-21(18)12-10-20/h6-7,13,15,18,22H,3-5,8-9,11-12H2,1-2H3/t15-,18+,19+/m1/s1. The molecule has 1 saturated carbocycles. The first-order valence-corrected chi connectivity index (χ1v) is 8.68. The van der Waals surface area contributed by atoms with Gasteiger partial charge in [0.1, 0.15) is 0 Å². The molecule has 1 N–H and O–H groups in total. The van der Waals surface area contributed by atoms with Gasteiger partial charge in [-0.05, 0) is 37.0 Å². The summed E-state index contributed by atoms with van der Waals surface area (Å²) >= 11 is 0. The first-order valence-electron chi connectivity index (χ1n) is 8.68. The van der Waals surface area contributed by atoms with Gasteiger partial charge in [-0.15, -0.1) is 0 Å². The van der Waals surface area contributed by atoms with Crippen LogP contribution in [0.4, 0.5) is 0 Å². The van der Waals surface area contributed by atoms with Gasteiger partial charge in [0.2, 0.25) is 0 Å². The molecule has 0 bridgehead atoms. The Hall–Kier alpha value is -1.77. The van der Waals surface area contributed by atoms with Gasteiger partial charge in [0.15, 0.2) is 11.5 Å². The lowest BCUT2D eigenvalue weighted by Gasteiger charge is -2.52. The highest BCUT2D eigenvalue weighted by atomic mass is 16.5. The SMILES string of the molecule is COc1ccc([C@H]2[C@H]3CCCC[C@]3(O)CCN2CC#N)cc1OC. The molecule has 5 nitrogen and oxygen atoms in total. The number of benzene rings is 1. The minimum absolute atomic E-state index is 0.0449. The van der Waals surface area contributed by atoms with E-state index in [-0.39, 0.29) is 12.0 Å². The number of piperidine rings is 1. The Morgan fingerprint density at radius 2 is 2.04 bits per heavy atom. The molecule has 1 saturated heterocycles. The summed E-state index contributed by atoms with van der Waals surface area (Å²) in [5, 5.41) is 20.4. The Bertz CT molecular complexity index is 628. The van der Waals surface area contributed by atoms with Gasteiger partial charge in [-0.3, -0.25) is 4.90 Å². The number of rotatable bonds is 4. The zero-order valence-corrected chi connectivity index (χ0v) is 14.5. The van der Waals surface area contributed by atoms with Crippen LogP contribution in [0.5, 0.6) is 11.5 Å². The van der Waals surface area contributed by atoms with E-state index in [1.165, 1.54) is 0 Å². The smallest absolute Gasteiger partial charge is 0.161 e. The summed E-state index contributed by atoms with van der Waals surface area (Å²) in [5.41, 5.74) is 0.482. The van der Waals surface area contributed by atoms with Crippen molar-refractivity contribution in [2.75, 3.05) is 27.3 Å². The Kier molecular flexibility index (Phi) is 4.98. The van der Waals surface area contributed by atoms with E-state index in [0.29, 0.717) is 18.0 Å². The zero-order chi connectivity index (χ0) is 17.2. The monoisotopic (exact) mass is 330 g/mol. The summed E-state index contributed by atoms with van der Waals surface area (Å²) < 4.78 is 10.8. The van der Waals surface area contributed by atoms with Crippen LogP contribution in [-0.2, 0) is 0 Å². The number of hydrogen-bond donors (Lipinski definition) is 1. The molecule has 24 heavy (non-hydrogen) atoms. The van der Waals surface area contributed by atoms with E-state index in [1.54, 1.807) is 14.2 Å². The number of ether oxygens (including phenoxy) is 2. The number of fused-ring (bicyclic) bond motifs is 1. The van der Waals surface area contributed by atoms with Gasteiger partial charge in [-0.25, -0.2) is 0 Å². The predicted octanol–water partition coefficient (Wildman–Crippen LogP) is 2.90. The van der Waals surface area contributed by atoms with Crippen LogP contribution in [0.25, 0.3) is 0 Å². The van der Waals surface area contributed by atoms with Crippen molar-refractivity contribution < 1.29 is 14.6 Å². The van der Waals surface area contributed by atoms with Crippen molar-refractivity contribution in [3.05, 3.63) is 23.8 Å². The largest absolute Gasteiger partial charge is 0.493 e. The molecule has 0 aromatic heterocycles. The van der Waals surface area contributed by atoms with E-state index >= 15 is 0 Å². The van der Waals surface area contributed by atoms with Crippen molar-refractivity contribution in [3.63, 3.8) is 0 Å². The maximum atomic E-state index is 11.2. The van der Waals surface area contributed by atoms with Crippen molar-refractivity contribution in [3.8, 4) is 17.6 Å². The average molecular weight is 330 g/mol. The summed E-state index contributed by atoms with van der Waals surface area (Å²) in [5.74, 6) is 1.55.